The van der Waals surface area contributed by atoms with E-state index in [1.165, 1.54) is 0 Å². The maximum absolute atomic E-state index is 12.7. The molecule has 2 amide bonds. The predicted molar refractivity (Wildman–Crippen MR) is 104 cm³/mol. The Bertz CT molecular complexity index is 781. The van der Waals surface area contributed by atoms with E-state index in [0.717, 1.165) is 48.7 Å². The number of hydrogen-bond acceptors (Lipinski definition) is 4. The number of nitrogens with zero attached hydrogens (tertiary/aromatic N) is 3. The number of amides is 2. The van der Waals surface area contributed by atoms with E-state index in [2.05, 4.69) is 11.4 Å². The second-order valence-corrected chi connectivity index (χ2v) is 7.77. The molecule has 152 valence electrons. The standard InChI is InChI=1S/C20H29N5O3/c1-14-15(2)25(12-17-5-4-10-28-17)20(18(14)11-21)22-19(27)13-23-6-8-24(9-7-23)16(3)26/h17H,4-10,12-13H2,1-3H3,(H,22,27)/p+1/t17-/m1/s1. The summed E-state index contributed by atoms with van der Waals surface area (Å²) in [5, 5.41) is 12.6. The van der Waals surface area contributed by atoms with Crippen LogP contribution in [-0.2, 0) is 20.9 Å². The summed E-state index contributed by atoms with van der Waals surface area (Å²) >= 11 is 0. The van der Waals surface area contributed by atoms with Gasteiger partial charge in [-0.1, -0.05) is 0 Å². The molecule has 3 rings (SSSR count). The highest BCUT2D eigenvalue weighted by Crippen LogP contribution is 2.28. The lowest BCUT2D eigenvalue weighted by molar-refractivity contribution is -0.895. The van der Waals surface area contributed by atoms with Crippen LogP contribution in [-0.4, -0.2) is 66.7 Å². The smallest absolute Gasteiger partial charge is 0.280 e. The summed E-state index contributed by atoms with van der Waals surface area (Å²) in [6.45, 7) is 10.1. The molecule has 2 saturated heterocycles. The minimum absolute atomic E-state index is 0.0834. The Morgan fingerprint density at radius 3 is 2.61 bits per heavy atom. The van der Waals surface area contributed by atoms with Crippen LogP contribution in [0.25, 0.3) is 0 Å². The number of rotatable bonds is 5. The number of ether oxygens (including phenoxy) is 1. The minimum atomic E-state index is -0.103. The van der Waals surface area contributed by atoms with Crippen molar-refractivity contribution >= 4 is 17.6 Å². The van der Waals surface area contributed by atoms with Crippen molar-refractivity contribution in [3.63, 3.8) is 0 Å². The molecule has 8 heteroatoms. The third-order valence-corrected chi connectivity index (χ3v) is 5.94. The Balaban J connectivity index is 1.68. The molecule has 0 aliphatic carbocycles. The van der Waals surface area contributed by atoms with Gasteiger partial charge in [-0.2, -0.15) is 5.26 Å². The summed E-state index contributed by atoms with van der Waals surface area (Å²) in [5.41, 5.74) is 2.42. The quantitative estimate of drug-likeness (QED) is 0.733. The molecule has 3 heterocycles. The molecule has 2 N–H and O–H groups in total. The van der Waals surface area contributed by atoms with Crippen LogP contribution in [0.2, 0.25) is 0 Å². The van der Waals surface area contributed by atoms with Gasteiger partial charge in [0.2, 0.25) is 5.91 Å². The summed E-state index contributed by atoms with van der Waals surface area (Å²) in [6.07, 6.45) is 2.17. The van der Waals surface area contributed by atoms with Crippen LogP contribution in [0.4, 0.5) is 5.82 Å². The molecule has 8 nitrogen and oxygen atoms in total. The van der Waals surface area contributed by atoms with Gasteiger partial charge in [0.05, 0.1) is 44.4 Å². The first-order valence-corrected chi connectivity index (χ1v) is 10.0. The molecular formula is C20H30N5O3+. The number of quaternary nitrogens is 1. The van der Waals surface area contributed by atoms with Gasteiger partial charge in [0, 0.05) is 19.2 Å². The fourth-order valence-corrected chi connectivity index (χ4v) is 4.07. The van der Waals surface area contributed by atoms with Crippen LogP contribution in [0.15, 0.2) is 0 Å². The zero-order chi connectivity index (χ0) is 20.3. The molecule has 2 fully saturated rings. The van der Waals surface area contributed by atoms with Crippen LogP contribution in [0.5, 0.6) is 0 Å². The summed E-state index contributed by atoms with van der Waals surface area (Å²) < 4.78 is 7.77. The Morgan fingerprint density at radius 2 is 2.04 bits per heavy atom. The van der Waals surface area contributed by atoms with Crippen molar-refractivity contribution in [1.82, 2.24) is 9.47 Å². The maximum Gasteiger partial charge on any atom is 0.280 e. The van der Waals surface area contributed by atoms with Gasteiger partial charge < -0.3 is 24.4 Å². The summed E-state index contributed by atoms with van der Waals surface area (Å²) in [7, 11) is 0. The average Bonchev–Trinajstić information content (AvgIpc) is 3.25. The van der Waals surface area contributed by atoms with Crippen molar-refractivity contribution in [1.29, 1.82) is 5.26 Å². The zero-order valence-corrected chi connectivity index (χ0v) is 17.0. The molecule has 1 atom stereocenters. The highest BCUT2D eigenvalue weighted by atomic mass is 16.5. The molecule has 2 aliphatic rings. The fraction of sp³-hybridized carbons (Fsp3) is 0.650. The molecule has 28 heavy (non-hydrogen) atoms. The van der Waals surface area contributed by atoms with Crippen molar-refractivity contribution in [2.24, 2.45) is 0 Å². The van der Waals surface area contributed by atoms with Crippen LogP contribution < -0.4 is 10.2 Å². The van der Waals surface area contributed by atoms with Crippen LogP contribution >= 0.6 is 0 Å². The summed E-state index contributed by atoms with van der Waals surface area (Å²) in [4.78, 5) is 27.1. The topological polar surface area (TPSA) is 91.8 Å². The SMILES string of the molecule is CC(=O)N1CC[NH+](CC(=O)Nc2c(C#N)c(C)c(C)n2C[C@H]2CCCO2)CC1. The average molecular weight is 388 g/mol. The van der Waals surface area contributed by atoms with Gasteiger partial charge in [-0.25, -0.2) is 0 Å². The maximum atomic E-state index is 12.7. The molecule has 1 aromatic heterocycles. The third-order valence-electron chi connectivity index (χ3n) is 5.94. The second kappa shape index (κ2) is 8.76. The highest BCUT2D eigenvalue weighted by Gasteiger charge is 2.27. The van der Waals surface area contributed by atoms with Gasteiger partial charge in [-0.05, 0) is 32.3 Å². The van der Waals surface area contributed by atoms with E-state index in [1.54, 1.807) is 6.92 Å². The monoisotopic (exact) mass is 388 g/mol. The first-order chi connectivity index (χ1) is 13.4. The number of carbonyl (C=O) groups excluding carboxylic acids is 2. The van der Waals surface area contributed by atoms with Crippen LogP contribution in [0.1, 0.15) is 36.6 Å². The van der Waals surface area contributed by atoms with Gasteiger partial charge in [0.15, 0.2) is 6.54 Å². The third kappa shape index (κ3) is 4.37. The fourth-order valence-electron chi connectivity index (χ4n) is 4.07. The number of aromatic nitrogens is 1. The number of nitrogens with one attached hydrogen (secondary N) is 2. The molecule has 2 aliphatic heterocycles. The second-order valence-electron chi connectivity index (χ2n) is 7.77. The first-order valence-electron chi connectivity index (χ1n) is 10.0. The van der Waals surface area contributed by atoms with E-state index in [4.69, 9.17) is 4.74 Å². The van der Waals surface area contributed by atoms with Crippen LogP contribution in [0, 0.1) is 25.2 Å². The Kier molecular flexibility index (Phi) is 6.37. The lowest BCUT2D eigenvalue weighted by Gasteiger charge is -2.31. The lowest BCUT2D eigenvalue weighted by atomic mass is 10.2. The van der Waals surface area contributed by atoms with Gasteiger partial charge in [0.1, 0.15) is 11.9 Å². The molecular weight excluding hydrogens is 358 g/mol. The molecule has 0 aromatic carbocycles. The summed E-state index contributed by atoms with van der Waals surface area (Å²) in [5.74, 6) is 0.564. The molecule has 0 bridgehead atoms. The Morgan fingerprint density at radius 1 is 1.32 bits per heavy atom. The minimum Gasteiger partial charge on any atom is -0.376 e. The Hall–Kier alpha value is -2.37. The number of nitriles is 1. The van der Waals surface area contributed by atoms with Crippen molar-refractivity contribution in [2.75, 3.05) is 44.6 Å². The van der Waals surface area contributed by atoms with E-state index < -0.39 is 0 Å². The van der Waals surface area contributed by atoms with Crippen molar-refractivity contribution in [3.8, 4) is 6.07 Å². The lowest BCUT2D eigenvalue weighted by Crippen LogP contribution is -3.15. The number of carbonyl (C=O) groups is 2. The zero-order valence-electron chi connectivity index (χ0n) is 17.0. The number of piperazine rings is 1. The van der Waals surface area contributed by atoms with E-state index in [9.17, 15) is 14.9 Å². The van der Waals surface area contributed by atoms with Gasteiger partial charge in [-0.15, -0.1) is 0 Å². The molecule has 0 unspecified atom stereocenters. The van der Waals surface area contributed by atoms with E-state index in [0.29, 0.717) is 37.6 Å². The number of hydrogen-bond donors (Lipinski definition) is 2. The van der Waals surface area contributed by atoms with Crippen molar-refractivity contribution < 1.29 is 19.2 Å². The van der Waals surface area contributed by atoms with Gasteiger partial charge >= 0.3 is 0 Å². The molecule has 0 radical (unpaired) electrons. The van der Waals surface area contributed by atoms with Crippen molar-refractivity contribution in [3.05, 3.63) is 16.8 Å². The highest BCUT2D eigenvalue weighted by molar-refractivity contribution is 5.92. The number of anilines is 1. The van der Waals surface area contributed by atoms with Crippen molar-refractivity contribution in [2.45, 2.75) is 46.3 Å². The van der Waals surface area contributed by atoms with E-state index >= 15 is 0 Å². The van der Waals surface area contributed by atoms with E-state index in [1.807, 2.05) is 23.3 Å². The first kappa shape index (κ1) is 20.4. The summed E-state index contributed by atoms with van der Waals surface area (Å²) in [6, 6.07) is 2.25. The van der Waals surface area contributed by atoms with Crippen LogP contribution in [0.3, 0.4) is 0 Å². The normalized spacial score (nSPS) is 20.2. The largest absolute Gasteiger partial charge is 0.376 e. The molecule has 0 saturated carbocycles. The van der Waals surface area contributed by atoms with E-state index in [-0.39, 0.29) is 17.9 Å². The van der Waals surface area contributed by atoms with Gasteiger partial charge in [-0.3, -0.25) is 9.59 Å². The van der Waals surface area contributed by atoms with Gasteiger partial charge in [0.25, 0.3) is 5.91 Å². The predicted octanol–water partition coefficient (Wildman–Crippen LogP) is -0.159. The molecule has 0 spiro atoms. The Labute approximate surface area is 166 Å². The molecule has 1 aromatic rings.